The van der Waals surface area contributed by atoms with E-state index in [0.29, 0.717) is 0 Å². The largest absolute Gasteiger partial charge is 0.309 e. The van der Waals surface area contributed by atoms with Gasteiger partial charge in [0, 0.05) is 53.1 Å². The van der Waals surface area contributed by atoms with E-state index in [0.717, 1.165) is 0 Å². The molecule has 0 atom stereocenters. The van der Waals surface area contributed by atoms with E-state index in [-0.39, 0.29) is 0 Å². The molecule has 210 valence electrons. The fraction of sp³-hybridized carbons (Fsp3) is 0. The first kappa shape index (κ1) is 24.8. The van der Waals surface area contributed by atoms with E-state index in [9.17, 15) is 0 Å². The van der Waals surface area contributed by atoms with Gasteiger partial charge in [0.05, 0.1) is 22.1 Å². The summed E-state index contributed by atoms with van der Waals surface area (Å²) in [6.45, 7) is 0. The van der Waals surface area contributed by atoms with Gasteiger partial charge in [0.25, 0.3) is 0 Å². The minimum atomic E-state index is 1.17. The van der Waals surface area contributed by atoms with Crippen LogP contribution < -0.4 is 0 Å². The van der Waals surface area contributed by atoms with Crippen LogP contribution in [0.2, 0.25) is 0 Å². The van der Waals surface area contributed by atoms with E-state index in [1.807, 2.05) is 11.3 Å². The second-order valence-corrected chi connectivity index (χ2v) is 12.9. The van der Waals surface area contributed by atoms with Crippen molar-refractivity contribution in [2.75, 3.05) is 0 Å². The van der Waals surface area contributed by atoms with Gasteiger partial charge in [-0.15, -0.1) is 11.3 Å². The number of aromatic nitrogens is 2. The predicted octanol–water partition coefficient (Wildman–Crippen LogP) is 11.9. The van der Waals surface area contributed by atoms with Gasteiger partial charge < -0.3 is 9.13 Å². The Morgan fingerprint density at radius 2 is 0.889 bits per heavy atom. The van der Waals surface area contributed by atoms with Crippen molar-refractivity contribution in [3.8, 4) is 22.5 Å². The lowest BCUT2D eigenvalue weighted by atomic mass is 10.0. The Hall–Kier alpha value is -5.64. The van der Waals surface area contributed by atoms with Crippen molar-refractivity contribution in [3.05, 3.63) is 158 Å². The van der Waals surface area contributed by atoms with E-state index >= 15 is 0 Å². The van der Waals surface area contributed by atoms with E-state index in [2.05, 4.69) is 167 Å². The highest BCUT2D eigenvalue weighted by Crippen LogP contribution is 2.41. The average molecular weight is 591 g/mol. The third kappa shape index (κ3) is 3.62. The van der Waals surface area contributed by atoms with E-state index in [1.165, 1.54) is 86.3 Å². The standard InChI is InChI=1S/C42H26N2S/c1-5-16-37-31(12-1)32-13-2-6-17-38(32)43(37)29-22-20-27(21-23-29)28-10-9-11-30(24-28)44-39-18-7-3-14-33(39)35-26-42-36(25-40(35)44)34-15-4-8-19-41(34)45-42/h1-26H. The maximum absolute atomic E-state index is 2.44. The molecule has 0 saturated heterocycles. The fourth-order valence-electron chi connectivity index (χ4n) is 7.29. The lowest BCUT2D eigenvalue weighted by molar-refractivity contribution is 1.18. The molecule has 0 aliphatic rings. The summed E-state index contributed by atoms with van der Waals surface area (Å²) in [5, 5.41) is 7.79. The molecule has 0 aliphatic carbocycles. The Labute approximate surface area is 263 Å². The van der Waals surface area contributed by atoms with Crippen LogP contribution in [0.15, 0.2) is 158 Å². The molecule has 0 amide bonds. The third-order valence-electron chi connectivity index (χ3n) is 9.31. The highest BCUT2D eigenvalue weighted by molar-refractivity contribution is 7.25. The first-order valence-corrected chi connectivity index (χ1v) is 16.2. The topological polar surface area (TPSA) is 9.86 Å². The van der Waals surface area contributed by atoms with Crippen LogP contribution in [0.4, 0.5) is 0 Å². The van der Waals surface area contributed by atoms with Crippen molar-refractivity contribution in [2.45, 2.75) is 0 Å². The van der Waals surface area contributed by atoms with Gasteiger partial charge in [-0.3, -0.25) is 0 Å². The molecular formula is C42H26N2S. The summed E-state index contributed by atoms with van der Waals surface area (Å²) in [6, 6.07) is 57.7. The van der Waals surface area contributed by atoms with Gasteiger partial charge in [-0.2, -0.15) is 0 Å². The normalized spacial score (nSPS) is 12.0. The zero-order valence-corrected chi connectivity index (χ0v) is 25.1. The smallest absolute Gasteiger partial charge is 0.0548 e. The molecule has 3 heteroatoms. The van der Waals surface area contributed by atoms with E-state index < -0.39 is 0 Å². The summed E-state index contributed by atoms with van der Waals surface area (Å²) in [7, 11) is 0. The second kappa shape index (κ2) is 9.43. The first-order chi connectivity index (χ1) is 22.3. The monoisotopic (exact) mass is 590 g/mol. The number of thiophene rings is 1. The molecule has 0 bridgehead atoms. The highest BCUT2D eigenvalue weighted by atomic mass is 32.1. The highest BCUT2D eigenvalue weighted by Gasteiger charge is 2.16. The van der Waals surface area contributed by atoms with Crippen molar-refractivity contribution in [1.29, 1.82) is 0 Å². The molecule has 0 saturated carbocycles. The molecule has 7 aromatic carbocycles. The Morgan fingerprint density at radius 3 is 1.58 bits per heavy atom. The molecule has 45 heavy (non-hydrogen) atoms. The van der Waals surface area contributed by atoms with Crippen molar-refractivity contribution in [3.63, 3.8) is 0 Å². The van der Waals surface area contributed by atoms with Crippen molar-refractivity contribution >= 4 is 75.1 Å². The van der Waals surface area contributed by atoms with Crippen LogP contribution in [0, 0.1) is 0 Å². The van der Waals surface area contributed by atoms with Crippen LogP contribution in [0.1, 0.15) is 0 Å². The summed E-state index contributed by atoms with van der Waals surface area (Å²) in [5.74, 6) is 0. The first-order valence-electron chi connectivity index (χ1n) is 15.4. The van der Waals surface area contributed by atoms with Crippen molar-refractivity contribution in [1.82, 2.24) is 9.13 Å². The van der Waals surface area contributed by atoms with Crippen LogP contribution >= 0.6 is 11.3 Å². The van der Waals surface area contributed by atoms with Gasteiger partial charge in [0.15, 0.2) is 0 Å². The van der Waals surface area contributed by atoms with Gasteiger partial charge in [0.1, 0.15) is 0 Å². The van der Waals surface area contributed by atoms with Crippen LogP contribution in [0.25, 0.3) is 86.3 Å². The quantitative estimate of drug-likeness (QED) is 0.194. The molecule has 10 aromatic rings. The van der Waals surface area contributed by atoms with Gasteiger partial charge in [-0.05, 0) is 71.8 Å². The van der Waals surface area contributed by atoms with Gasteiger partial charge in [-0.25, -0.2) is 0 Å². The van der Waals surface area contributed by atoms with Gasteiger partial charge >= 0.3 is 0 Å². The molecular weight excluding hydrogens is 565 g/mol. The maximum atomic E-state index is 2.44. The SMILES string of the molecule is c1cc(-c2ccc(-n3c4ccccc4c4ccccc43)cc2)cc(-n2c3ccccc3c3cc4sc5ccccc5c4cc32)c1. The molecule has 0 fully saturated rings. The van der Waals surface area contributed by atoms with E-state index in [4.69, 9.17) is 0 Å². The minimum Gasteiger partial charge on any atom is -0.309 e. The second-order valence-electron chi connectivity index (χ2n) is 11.8. The average Bonchev–Trinajstić information content (AvgIpc) is 3.75. The summed E-state index contributed by atoms with van der Waals surface area (Å²) in [5.41, 5.74) is 9.67. The molecule has 0 spiro atoms. The summed E-state index contributed by atoms with van der Waals surface area (Å²) in [6.07, 6.45) is 0. The van der Waals surface area contributed by atoms with Crippen molar-refractivity contribution in [2.24, 2.45) is 0 Å². The summed E-state index contributed by atoms with van der Waals surface area (Å²) < 4.78 is 7.48. The van der Waals surface area contributed by atoms with E-state index in [1.54, 1.807) is 0 Å². The molecule has 3 heterocycles. The summed E-state index contributed by atoms with van der Waals surface area (Å²) in [4.78, 5) is 0. The molecule has 0 N–H and O–H groups in total. The van der Waals surface area contributed by atoms with Crippen molar-refractivity contribution < 1.29 is 0 Å². The maximum Gasteiger partial charge on any atom is 0.0548 e. The fourth-order valence-corrected chi connectivity index (χ4v) is 8.42. The van der Waals surface area contributed by atoms with Crippen LogP contribution in [-0.2, 0) is 0 Å². The van der Waals surface area contributed by atoms with Crippen LogP contribution in [-0.4, -0.2) is 9.13 Å². The summed E-state index contributed by atoms with van der Waals surface area (Å²) >= 11 is 1.88. The molecule has 0 aliphatic heterocycles. The molecule has 0 unspecified atom stereocenters. The molecule has 10 rings (SSSR count). The van der Waals surface area contributed by atoms with Crippen LogP contribution in [0.5, 0.6) is 0 Å². The number of hydrogen-bond acceptors (Lipinski definition) is 1. The number of nitrogens with zero attached hydrogens (tertiary/aromatic N) is 2. The number of fused-ring (bicyclic) bond motifs is 9. The zero-order valence-electron chi connectivity index (χ0n) is 24.3. The van der Waals surface area contributed by atoms with Gasteiger partial charge in [0.2, 0.25) is 0 Å². The number of hydrogen-bond donors (Lipinski definition) is 0. The van der Waals surface area contributed by atoms with Gasteiger partial charge in [-0.1, -0.05) is 97.1 Å². The Bertz CT molecular complexity index is 2700. The number of para-hydroxylation sites is 3. The van der Waals surface area contributed by atoms with Crippen LogP contribution in [0.3, 0.4) is 0 Å². The molecule has 0 radical (unpaired) electrons. The Morgan fingerprint density at radius 1 is 0.311 bits per heavy atom. The lowest BCUT2D eigenvalue weighted by Gasteiger charge is -2.12. The zero-order chi connectivity index (χ0) is 29.5. The number of rotatable bonds is 3. The predicted molar refractivity (Wildman–Crippen MR) is 193 cm³/mol. The third-order valence-corrected chi connectivity index (χ3v) is 10.4. The molecule has 3 aromatic heterocycles. The molecule has 2 nitrogen and oxygen atoms in total. The minimum absolute atomic E-state index is 1.17. The Balaban J connectivity index is 1.13. The number of benzene rings is 7. The lowest BCUT2D eigenvalue weighted by Crippen LogP contribution is -1.95. The Kier molecular flexibility index (Phi) is 5.19.